The quantitative estimate of drug-likeness (QED) is 0.664. The van der Waals surface area contributed by atoms with Crippen molar-refractivity contribution in [2.45, 2.75) is 12.5 Å². The largest absolute Gasteiger partial charge is 0.507 e. The van der Waals surface area contributed by atoms with Gasteiger partial charge in [-0.2, -0.15) is 0 Å². The van der Waals surface area contributed by atoms with E-state index in [0.29, 0.717) is 0 Å². The zero-order valence-electron chi connectivity index (χ0n) is 8.88. The number of terminal acetylenes is 1. The molecule has 0 aromatic heterocycles. The number of aliphatic carboxylic acids is 1. The lowest BCUT2D eigenvalue weighted by molar-refractivity contribution is -0.139. The molecule has 0 fully saturated rings. The summed E-state index contributed by atoms with van der Waals surface area (Å²) in [6, 6.07) is 4.69. The van der Waals surface area contributed by atoms with Gasteiger partial charge in [-0.25, -0.2) is 4.79 Å². The van der Waals surface area contributed by atoms with Gasteiger partial charge in [0.1, 0.15) is 11.8 Å². The van der Waals surface area contributed by atoms with E-state index in [1.54, 1.807) is 12.1 Å². The van der Waals surface area contributed by atoms with Crippen molar-refractivity contribution in [1.29, 1.82) is 0 Å². The number of amides is 1. The predicted octanol–water partition coefficient (Wildman–Crippen LogP) is 0.598. The Morgan fingerprint density at radius 2 is 2.06 bits per heavy atom. The molecule has 17 heavy (non-hydrogen) atoms. The summed E-state index contributed by atoms with van der Waals surface area (Å²) < 4.78 is 0. The number of nitrogens with one attached hydrogen (secondary N) is 1. The zero-order valence-corrected chi connectivity index (χ0v) is 8.88. The SMILES string of the molecule is C#CCC(NC(=O)c1ccccc1O)C(=O)O. The highest BCUT2D eigenvalue weighted by Crippen LogP contribution is 2.15. The normalized spacial score (nSPS) is 11.2. The first-order chi connectivity index (χ1) is 8.06. The van der Waals surface area contributed by atoms with Gasteiger partial charge in [0.2, 0.25) is 0 Å². The molecule has 0 aliphatic rings. The van der Waals surface area contributed by atoms with Gasteiger partial charge in [-0.15, -0.1) is 12.3 Å². The highest BCUT2D eigenvalue weighted by atomic mass is 16.4. The standard InChI is InChI=1S/C12H11NO4/c1-2-5-9(12(16)17)13-11(15)8-6-3-4-7-10(8)14/h1,3-4,6-7,9,14H,5H2,(H,13,15)(H,16,17). The van der Waals surface area contributed by atoms with Crippen LogP contribution in [-0.4, -0.2) is 28.1 Å². The van der Waals surface area contributed by atoms with Crippen molar-refractivity contribution in [2.24, 2.45) is 0 Å². The Labute approximate surface area is 98.1 Å². The summed E-state index contributed by atoms with van der Waals surface area (Å²) in [4.78, 5) is 22.4. The zero-order chi connectivity index (χ0) is 12.8. The average molecular weight is 233 g/mol. The number of carboxylic acid groups (broad SMARTS) is 1. The summed E-state index contributed by atoms with van der Waals surface area (Å²) in [6.07, 6.45) is 4.88. The lowest BCUT2D eigenvalue weighted by Gasteiger charge is -2.12. The van der Waals surface area contributed by atoms with Crippen LogP contribution in [0.2, 0.25) is 0 Å². The summed E-state index contributed by atoms with van der Waals surface area (Å²) >= 11 is 0. The van der Waals surface area contributed by atoms with Crippen LogP contribution in [0.25, 0.3) is 0 Å². The van der Waals surface area contributed by atoms with Crippen LogP contribution in [0.15, 0.2) is 24.3 Å². The van der Waals surface area contributed by atoms with Crippen molar-refractivity contribution in [3.63, 3.8) is 0 Å². The Hall–Kier alpha value is -2.48. The van der Waals surface area contributed by atoms with Gasteiger partial charge in [0.25, 0.3) is 5.91 Å². The minimum absolute atomic E-state index is 0.00997. The van der Waals surface area contributed by atoms with Gasteiger partial charge in [-0.3, -0.25) is 4.79 Å². The lowest BCUT2D eigenvalue weighted by Crippen LogP contribution is -2.40. The molecule has 1 rings (SSSR count). The van der Waals surface area contributed by atoms with Crippen LogP contribution in [0.4, 0.5) is 0 Å². The van der Waals surface area contributed by atoms with Gasteiger partial charge in [0, 0.05) is 6.42 Å². The molecule has 1 aromatic carbocycles. The number of benzene rings is 1. The summed E-state index contributed by atoms with van der Waals surface area (Å²) in [5, 5.41) is 20.4. The molecule has 5 nitrogen and oxygen atoms in total. The van der Waals surface area contributed by atoms with Gasteiger partial charge < -0.3 is 15.5 Å². The lowest BCUT2D eigenvalue weighted by atomic mass is 10.1. The number of phenolic OH excluding ortho intramolecular Hbond substituents is 1. The van der Waals surface area contributed by atoms with Crippen LogP contribution in [-0.2, 0) is 4.79 Å². The summed E-state index contributed by atoms with van der Waals surface area (Å²) in [6.45, 7) is 0. The van der Waals surface area contributed by atoms with Crippen molar-refractivity contribution < 1.29 is 19.8 Å². The summed E-state index contributed by atoms with van der Waals surface area (Å²) in [5.74, 6) is 0.0582. The molecule has 0 radical (unpaired) electrons. The third-order valence-electron chi connectivity index (χ3n) is 2.07. The number of carbonyl (C=O) groups excluding carboxylic acids is 1. The monoisotopic (exact) mass is 233 g/mol. The number of hydrogen-bond donors (Lipinski definition) is 3. The van der Waals surface area contributed by atoms with E-state index < -0.39 is 17.9 Å². The van der Waals surface area contributed by atoms with Crippen LogP contribution in [0, 0.1) is 12.3 Å². The molecule has 0 aliphatic heterocycles. The fourth-order valence-electron chi connectivity index (χ4n) is 1.22. The van der Waals surface area contributed by atoms with Crippen molar-refractivity contribution in [1.82, 2.24) is 5.32 Å². The molecule has 0 aliphatic carbocycles. The van der Waals surface area contributed by atoms with Crippen molar-refractivity contribution in [3.8, 4) is 18.1 Å². The topological polar surface area (TPSA) is 86.6 Å². The third-order valence-corrected chi connectivity index (χ3v) is 2.07. The average Bonchev–Trinajstić information content (AvgIpc) is 2.28. The minimum atomic E-state index is -1.22. The molecular formula is C12H11NO4. The van der Waals surface area contributed by atoms with Crippen LogP contribution >= 0.6 is 0 Å². The number of phenols is 1. The van der Waals surface area contributed by atoms with Crippen LogP contribution in [0.3, 0.4) is 0 Å². The Kier molecular flexibility index (Phi) is 4.12. The molecule has 0 heterocycles. The Morgan fingerprint density at radius 1 is 1.41 bits per heavy atom. The molecule has 0 saturated carbocycles. The molecule has 88 valence electrons. The van der Waals surface area contributed by atoms with Crippen molar-refractivity contribution >= 4 is 11.9 Å². The van der Waals surface area contributed by atoms with Gasteiger partial charge in [0.05, 0.1) is 5.56 Å². The molecule has 0 spiro atoms. The highest BCUT2D eigenvalue weighted by molar-refractivity contribution is 5.98. The van der Waals surface area contributed by atoms with Crippen LogP contribution in [0.1, 0.15) is 16.8 Å². The Bertz CT molecular complexity index is 476. The first-order valence-electron chi connectivity index (χ1n) is 4.81. The molecule has 1 amide bonds. The maximum atomic E-state index is 11.7. The second-order valence-corrected chi connectivity index (χ2v) is 3.29. The van der Waals surface area contributed by atoms with E-state index in [2.05, 4.69) is 11.2 Å². The van der Waals surface area contributed by atoms with E-state index in [-0.39, 0.29) is 17.7 Å². The Morgan fingerprint density at radius 3 is 2.59 bits per heavy atom. The van der Waals surface area contributed by atoms with E-state index in [9.17, 15) is 14.7 Å². The van der Waals surface area contributed by atoms with E-state index in [0.717, 1.165) is 0 Å². The first-order valence-corrected chi connectivity index (χ1v) is 4.81. The van der Waals surface area contributed by atoms with Gasteiger partial charge in [0.15, 0.2) is 0 Å². The Balaban J connectivity index is 2.82. The maximum absolute atomic E-state index is 11.7. The van der Waals surface area contributed by atoms with Gasteiger partial charge in [-0.05, 0) is 12.1 Å². The second-order valence-electron chi connectivity index (χ2n) is 3.29. The number of rotatable bonds is 4. The third kappa shape index (κ3) is 3.24. The minimum Gasteiger partial charge on any atom is -0.507 e. The highest BCUT2D eigenvalue weighted by Gasteiger charge is 2.20. The number of carbonyl (C=O) groups is 2. The van der Waals surface area contributed by atoms with Crippen LogP contribution in [0.5, 0.6) is 5.75 Å². The molecule has 0 saturated heterocycles. The fourth-order valence-corrected chi connectivity index (χ4v) is 1.22. The van der Waals surface area contributed by atoms with Gasteiger partial charge >= 0.3 is 5.97 Å². The number of para-hydroxylation sites is 1. The first kappa shape index (κ1) is 12.6. The van der Waals surface area contributed by atoms with E-state index in [1.165, 1.54) is 12.1 Å². The maximum Gasteiger partial charge on any atom is 0.327 e. The smallest absolute Gasteiger partial charge is 0.327 e. The molecule has 1 aromatic rings. The molecule has 1 unspecified atom stereocenters. The number of aromatic hydroxyl groups is 1. The molecule has 0 bridgehead atoms. The fraction of sp³-hybridized carbons (Fsp3) is 0.167. The number of carboxylic acids is 1. The van der Waals surface area contributed by atoms with E-state index in [4.69, 9.17) is 11.5 Å². The number of hydrogen-bond acceptors (Lipinski definition) is 3. The molecule has 1 atom stereocenters. The summed E-state index contributed by atoms with van der Waals surface area (Å²) in [7, 11) is 0. The van der Waals surface area contributed by atoms with Crippen molar-refractivity contribution in [3.05, 3.63) is 29.8 Å². The summed E-state index contributed by atoms with van der Waals surface area (Å²) in [5.41, 5.74) is 0.00997. The molecular weight excluding hydrogens is 222 g/mol. The van der Waals surface area contributed by atoms with E-state index in [1.807, 2.05) is 0 Å². The predicted molar refractivity (Wildman–Crippen MR) is 60.4 cm³/mol. The van der Waals surface area contributed by atoms with Gasteiger partial charge in [-0.1, -0.05) is 12.1 Å². The van der Waals surface area contributed by atoms with E-state index >= 15 is 0 Å². The molecule has 3 N–H and O–H groups in total. The molecule has 5 heteroatoms. The second kappa shape index (κ2) is 5.56. The van der Waals surface area contributed by atoms with Crippen molar-refractivity contribution in [2.75, 3.05) is 0 Å². The van der Waals surface area contributed by atoms with Crippen LogP contribution < -0.4 is 5.32 Å².